The maximum absolute atomic E-state index is 11.5. The molecule has 0 saturated carbocycles. The molecule has 2 aromatic rings. The van der Waals surface area contributed by atoms with Crippen molar-refractivity contribution in [2.75, 3.05) is 0 Å². The first-order chi connectivity index (χ1) is 9.88. The Labute approximate surface area is 126 Å². The lowest BCUT2D eigenvalue weighted by atomic mass is 10.1. The summed E-state index contributed by atoms with van der Waals surface area (Å²) in [7, 11) is 0. The van der Waals surface area contributed by atoms with E-state index in [4.69, 9.17) is 16.3 Å². The SMILES string of the molecule is CC(=O)c1cc(Oc2ccc(C)cc2Cl)ccc1[N+](=O)[O-]. The maximum Gasteiger partial charge on any atom is 0.280 e. The number of aryl methyl sites for hydroxylation is 1. The van der Waals surface area contributed by atoms with Gasteiger partial charge < -0.3 is 4.74 Å². The topological polar surface area (TPSA) is 69.4 Å². The first kappa shape index (κ1) is 15.0. The summed E-state index contributed by atoms with van der Waals surface area (Å²) in [5, 5.41) is 11.3. The van der Waals surface area contributed by atoms with Crippen LogP contribution >= 0.6 is 11.6 Å². The van der Waals surface area contributed by atoms with Crippen LogP contribution in [0.4, 0.5) is 5.69 Å². The zero-order valence-corrected chi connectivity index (χ0v) is 12.2. The Balaban J connectivity index is 2.39. The molecular weight excluding hydrogens is 294 g/mol. The van der Waals surface area contributed by atoms with Gasteiger partial charge in [-0.1, -0.05) is 17.7 Å². The van der Waals surface area contributed by atoms with Gasteiger partial charge in [-0.15, -0.1) is 0 Å². The number of ether oxygens (including phenoxy) is 1. The van der Waals surface area contributed by atoms with Crippen LogP contribution in [0.25, 0.3) is 0 Å². The van der Waals surface area contributed by atoms with E-state index in [0.29, 0.717) is 16.5 Å². The Morgan fingerprint density at radius 2 is 1.95 bits per heavy atom. The second-order valence-corrected chi connectivity index (χ2v) is 4.94. The third kappa shape index (κ3) is 3.38. The maximum atomic E-state index is 11.5. The van der Waals surface area contributed by atoms with Crippen LogP contribution in [0.3, 0.4) is 0 Å². The molecule has 0 radical (unpaired) electrons. The van der Waals surface area contributed by atoms with Crippen molar-refractivity contribution in [3.8, 4) is 11.5 Å². The zero-order chi connectivity index (χ0) is 15.6. The van der Waals surface area contributed by atoms with Gasteiger partial charge in [-0.2, -0.15) is 0 Å². The summed E-state index contributed by atoms with van der Waals surface area (Å²) in [6, 6.07) is 9.30. The van der Waals surface area contributed by atoms with Gasteiger partial charge in [0.05, 0.1) is 15.5 Å². The highest BCUT2D eigenvalue weighted by Crippen LogP contribution is 2.32. The molecule has 21 heavy (non-hydrogen) atoms. The highest BCUT2D eigenvalue weighted by atomic mass is 35.5. The van der Waals surface area contributed by atoms with E-state index < -0.39 is 10.7 Å². The van der Waals surface area contributed by atoms with Gasteiger partial charge in [0.2, 0.25) is 0 Å². The predicted octanol–water partition coefficient (Wildman–Crippen LogP) is 4.55. The lowest BCUT2D eigenvalue weighted by Gasteiger charge is -2.09. The van der Waals surface area contributed by atoms with Crippen LogP contribution in [0.1, 0.15) is 22.8 Å². The van der Waals surface area contributed by atoms with Crippen LogP contribution in [0.5, 0.6) is 11.5 Å². The number of nitrogens with zero attached hydrogens (tertiary/aromatic N) is 1. The van der Waals surface area contributed by atoms with Crippen molar-refractivity contribution < 1.29 is 14.5 Å². The molecular formula is C15H12ClNO4. The summed E-state index contributed by atoms with van der Waals surface area (Å²) >= 11 is 6.06. The minimum Gasteiger partial charge on any atom is -0.456 e. The first-order valence-corrected chi connectivity index (χ1v) is 6.49. The van der Waals surface area contributed by atoms with Crippen molar-refractivity contribution in [3.63, 3.8) is 0 Å². The zero-order valence-electron chi connectivity index (χ0n) is 11.4. The molecule has 0 N–H and O–H groups in total. The number of hydrogen-bond acceptors (Lipinski definition) is 4. The molecule has 0 aromatic heterocycles. The minimum absolute atomic E-state index is 0.000680. The Kier molecular flexibility index (Phi) is 4.23. The predicted molar refractivity (Wildman–Crippen MR) is 79.4 cm³/mol. The quantitative estimate of drug-likeness (QED) is 0.472. The van der Waals surface area contributed by atoms with E-state index in [1.54, 1.807) is 12.1 Å². The smallest absolute Gasteiger partial charge is 0.280 e. The van der Waals surface area contributed by atoms with Crippen molar-refractivity contribution in [1.82, 2.24) is 0 Å². The van der Waals surface area contributed by atoms with E-state index in [-0.39, 0.29) is 11.3 Å². The van der Waals surface area contributed by atoms with E-state index in [1.165, 1.54) is 25.1 Å². The van der Waals surface area contributed by atoms with E-state index >= 15 is 0 Å². The average molecular weight is 306 g/mol. The third-order valence-corrected chi connectivity index (χ3v) is 3.15. The van der Waals surface area contributed by atoms with Gasteiger partial charge in [-0.3, -0.25) is 14.9 Å². The van der Waals surface area contributed by atoms with Gasteiger partial charge in [-0.05, 0) is 43.7 Å². The van der Waals surface area contributed by atoms with Gasteiger partial charge in [0.25, 0.3) is 5.69 Å². The molecule has 0 unspecified atom stereocenters. The third-order valence-electron chi connectivity index (χ3n) is 2.86. The largest absolute Gasteiger partial charge is 0.456 e. The molecule has 0 fully saturated rings. The lowest BCUT2D eigenvalue weighted by molar-refractivity contribution is -0.385. The summed E-state index contributed by atoms with van der Waals surface area (Å²) in [5.41, 5.74) is 0.742. The number of ketones is 1. The molecule has 0 aliphatic rings. The highest BCUT2D eigenvalue weighted by Gasteiger charge is 2.18. The summed E-state index contributed by atoms with van der Waals surface area (Å²) in [6.07, 6.45) is 0. The molecule has 6 heteroatoms. The van der Waals surface area contributed by atoms with E-state index in [1.807, 2.05) is 13.0 Å². The minimum atomic E-state index is -0.598. The van der Waals surface area contributed by atoms with Gasteiger partial charge >= 0.3 is 0 Å². The number of halogens is 1. The Bertz CT molecular complexity index is 728. The molecule has 0 spiro atoms. The van der Waals surface area contributed by atoms with Crippen LogP contribution in [0, 0.1) is 17.0 Å². The van der Waals surface area contributed by atoms with Crippen LogP contribution in [0.15, 0.2) is 36.4 Å². The van der Waals surface area contributed by atoms with Gasteiger partial charge in [-0.25, -0.2) is 0 Å². The second-order valence-electron chi connectivity index (χ2n) is 4.53. The Hall–Kier alpha value is -2.40. The van der Waals surface area contributed by atoms with Gasteiger partial charge in [0.15, 0.2) is 5.78 Å². The molecule has 0 bridgehead atoms. The van der Waals surface area contributed by atoms with E-state index in [9.17, 15) is 14.9 Å². The summed E-state index contributed by atoms with van der Waals surface area (Å²) in [6.45, 7) is 3.17. The number of carbonyl (C=O) groups is 1. The number of hydrogen-bond donors (Lipinski definition) is 0. The molecule has 108 valence electrons. The summed E-state index contributed by atoms with van der Waals surface area (Å²) in [5.74, 6) is 0.337. The number of Topliss-reactive ketones (excluding diaryl/α,β-unsaturated/α-hetero) is 1. The first-order valence-electron chi connectivity index (χ1n) is 6.12. The fourth-order valence-corrected chi connectivity index (χ4v) is 2.11. The molecule has 0 aliphatic carbocycles. The molecule has 0 saturated heterocycles. The monoisotopic (exact) mass is 305 g/mol. The average Bonchev–Trinajstić information content (AvgIpc) is 2.41. The fourth-order valence-electron chi connectivity index (χ4n) is 1.84. The van der Waals surface area contributed by atoms with Crippen molar-refractivity contribution in [2.24, 2.45) is 0 Å². The summed E-state index contributed by atoms with van der Waals surface area (Å²) in [4.78, 5) is 21.8. The Morgan fingerprint density at radius 1 is 1.24 bits per heavy atom. The number of carbonyl (C=O) groups excluding carboxylic acids is 1. The highest BCUT2D eigenvalue weighted by molar-refractivity contribution is 6.32. The number of rotatable bonds is 4. The number of nitro benzene ring substituents is 1. The van der Waals surface area contributed by atoms with E-state index in [2.05, 4.69) is 0 Å². The van der Waals surface area contributed by atoms with Crippen LogP contribution < -0.4 is 4.74 Å². The molecule has 0 amide bonds. The molecule has 2 rings (SSSR count). The molecule has 0 heterocycles. The van der Waals surface area contributed by atoms with Gasteiger partial charge in [0.1, 0.15) is 11.5 Å². The second kappa shape index (κ2) is 5.93. The van der Waals surface area contributed by atoms with Crippen LogP contribution in [-0.2, 0) is 0 Å². The van der Waals surface area contributed by atoms with Gasteiger partial charge in [0, 0.05) is 6.07 Å². The lowest BCUT2D eigenvalue weighted by Crippen LogP contribution is -2.00. The Morgan fingerprint density at radius 3 is 2.52 bits per heavy atom. The summed E-state index contributed by atoms with van der Waals surface area (Å²) < 4.78 is 5.58. The van der Waals surface area contributed by atoms with Crippen molar-refractivity contribution >= 4 is 23.1 Å². The molecule has 5 nitrogen and oxygen atoms in total. The molecule has 2 aromatic carbocycles. The fraction of sp³-hybridized carbons (Fsp3) is 0.133. The van der Waals surface area contributed by atoms with Crippen molar-refractivity contribution in [3.05, 3.63) is 62.7 Å². The van der Waals surface area contributed by atoms with Crippen molar-refractivity contribution in [2.45, 2.75) is 13.8 Å². The van der Waals surface area contributed by atoms with Crippen LogP contribution in [0.2, 0.25) is 5.02 Å². The number of nitro groups is 1. The van der Waals surface area contributed by atoms with E-state index in [0.717, 1.165) is 5.56 Å². The normalized spacial score (nSPS) is 10.2. The standard InChI is InChI=1S/C15H12ClNO4/c1-9-3-6-15(13(16)7-9)21-11-4-5-14(17(19)20)12(8-11)10(2)18/h3-8H,1-2H3. The molecule has 0 aliphatic heterocycles. The van der Waals surface area contributed by atoms with Crippen molar-refractivity contribution in [1.29, 1.82) is 0 Å². The molecule has 0 atom stereocenters. The number of benzene rings is 2. The van der Waals surface area contributed by atoms with Crippen LogP contribution in [-0.4, -0.2) is 10.7 Å².